The van der Waals surface area contributed by atoms with E-state index in [9.17, 15) is 0 Å². The Morgan fingerprint density at radius 3 is 2.62 bits per heavy atom. The summed E-state index contributed by atoms with van der Waals surface area (Å²) < 4.78 is 1.93. The van der Waals surface area contributed by atoms with E-state index in [-0.39, 0.29) is 0 Å². The number of fused-ring (bicyclic) bond motifs is 1. The lowest BCUT2D eigenvalue weighted by Gasteiger charge is -2.09. The lowest BCUT2D eigenvalue weighted by atomic mass is 10.0. The minimum Gasteiger partial charge on any atom is -0.363 e. The molecule has 0 atom stereocenters. The van der Waals surface area contributed by atoms with Crippen LogP contribution in [0.25, 0.3) is 5.65 Å². The smallest absolute Gasteiger partial charge is 0.203 e. The van der Waals surface area contributed by atoms with Crippen LogP contribution in [0.5, 0.6) is 0 Å². The third-order valence-corrected chi connectivity index (χ3v) is 3.60. The molecule has 0 fully saturated rings. The molecular formula is C16H19N5. The number of benzene rings is 1. The zero-order valence-electron chi connectivity index (χ0n) is 12.5. The highest BCUT2D eigenvalue weighted by Crippen LogP contribution is 2.16. The van der Waals surface area contributed by atoms with Crippen LogP contribution in [0.2, 0.25) is 0 Å². The van der Waals surface area contributed by atoms with E-state index in [1.54, 1.807) is 6.20 Å². The number of aryl methyl sites for hydroxylation is 1. The summed E-state index contributed by atoms with van der Waals surface area (Å²) in [5, 5.41) is 11.6. The van der Waals surface area contributed by atoms with Crippen molar-refractivity contribution in [1.82, 2.24) is 19.6 Å². The summed E-state index contributed by atoms with van der Waals surface area (Å²) in [7, 11) is 0. The normalized spacial score (nSPS) is 11.2. The monoisotopic (exact) mass is 281 g/mol. The molecule has 0 spiro atoms. The molecule has 0 saturated heterocycles. The Kier molecular flexibility index (Phi) is 3.56. The number of anilines is 1. The maximum Gasteiger partial charge on any atom is 0.203 e. The maximum atomic E-state index is 4.35. The van der Waals surface area contributed by atoms with Crippen molar-refractivity contribution in [2.24, 2.45) is 0 Å². The van der Waals surface area contributed by atoms with Crippen molar-refractivity contribution >= 4 is 11.5 Å². The van der Waals surface area contributed by atoms with E-state index in [0.717, 1.165) is 23.8 Å². The fraction of sp³-hybridized carbons (Fsp3) is 0.312. The van der Waals surface area contributed by atoms with Gasteiger partial charge in [-0.05, 0) is 24.0 Å². The minimum absolute atomic E-state index is 0.557. The average molecular weight is 281 g/mol. The first kappa shape index (κ1) is 13.5. The van der Waals surface area contributed by atoms with Gasteiger partial charge in [0.25, 0.3) is 0 Å². The molecule has 5 nitrogen and oxygen atoms in total. The van der Waals surface area contributed by atoms with Crippen LogP contribution in [0.3, 0.4) is 0 Å². The van der Waals surface area contributed by atoms with Crippen molar-refractivity contribution < 1.29 is 0 Å². The standard InChI is InChI=1S/C16H19N5/c1-11(2)14-6-4-13(5-7-14)10-18-15-16-20-19-12(3)21(16)9-8-17-15/h4-9,11H,10H2,1-3H3,(H,17,18). The van der Waals surface area contributed by atoms with Crippen molar-refractivity contribution in [2.45, 2.75) is 33.2 Å². The molecule has 2 heterocycles. The third kappa shape index (κ3) is 2.72. The number of aromatic nitrogens is 4. The molecule has 0 saturated carbocycles. The molecule has 5 heteroatoms. The largest absolute Gasteiger partial charge is 0.363 e. The van der Waals surface area contributed by atoms with Crippen LogP contribution in [0.4, 0.5) is 5.82 Å². The molecule has 0 amide bonds. The van der Waals surface area contributed by atoms with Gasteiger partial charge in [0.15, 0.2) is 5.82 Å². The first-order valence-electron chi connectivity index (χ1n) is 7.14. The van der Waals surface area contributed by atoms with Gasteiger partial charge in [-0.3, -0.25) is 4.40 Å². The first-order chi connectivity index (χ1) is 10.1. The van der Waals surface area contributed by atoms with E-state index in [2.05, 4.69) is 58.6 Å². The quantitative estimate of drug-likeness (QED) is 0.798. The van der Waals surface area contributed by atoms with Gasteiger partial charge in [-0.2, -0.15) is 0 Å². The summed E-state index contributed by atoms with van der Waals surface area (Å²) in [5.74, 6) is 2.17. The Morgan fingerprint density at radius 2 is 1.90 bits per heavy atom. The van der Waals surface area contributed by atoms with Crippen LogP contribution in [0.15, 0.2) is 36.7 Å². The second-order valence-corrected chi connectivity index (χ2v) is 5.47. The first-order valence-corrected chi connectivity index (χ1v) is 7.14. The SMILES string of the molecule is Cc1nnc2c(NCc3ccc(C(C)C)cc3)nccn12. The van der Waals surface area contributed by atoms with Crippen LogP contribution in [-0.4, -0.2) is 19.6 Å². The highest BCUT2D eigenvalue weighted by molar-refractivity contribution is 5.62. The summed E-state index contributed by atoms with van der Waals surface area (Å²) in [6, 6.07) is 8.66. The molecule has 0 bridgehead atoms. The summed E-state index contributed by atoms with van der Waals surface area (Å²) in [6.45, 7) is 7.04. The van der Waals surface area contributed by atoms with E-state index < -0.39 is 0 Å². The molecule has 0 aliphatic carbocycles. The molecule has 0 aliphatic rings. The summed E-state index contributed by atoms with van der Waals surface area (Å²) in [4.78, 5) is 4.35. The van der Waals surface area contributed by atoms with E-state index in [0.29, 0.717) is 5.92 Å². The second kappa shape index (κ2) is 5.52. The fourth-order valence-electron chi connectivity index (χ4n) is 2.27. The zero-order valence-corrected chi connectivity index (χ0v) is 12.5. The molecule has 0 radical (unpaired) electrons. The molecule has 108 valence electrons. The molecule has 21 heavy (non-hydrogen) atoms. The van der Waals surface area contributed by atoms with Gasteiger partial charge in [0, 0.05) is 18.9 Å². The zero-order chi connectivity index (χ0) is 14.8. The van der Waals surface area contributed by atoms with Crippen LogP contribution in [-0.2, 0) is 6.54 Å². The van der Waals surface area contributed by atoms with Crippen LogP contribution in [0, 0.1) is 6.92 Å². The third-order valence-electron chi connectivity index (χ3n) is 3.60. The molecule has 3 aromatic rings. The van der Waals surface area contributed by atoms with Gasteiger partial charge in [-0.1, -0.05) is 38.1 Å². The van der Waals surface area contributed by atoms with Crippen LogP contribution in [0.1, 0.15) is 36.7 Å². The van der Waals surface area contributed by atoms with E-state index in [1.165, 1.54) is 11.1 Å². The fourth-order valence-corrected chi connectivity index (χ4v) is 2.27. The van der Waals surface area contributed by atoms with E-state index in [1.807, 2.05) is 17.5 Å². The number of hydrogen-bond acceptors (Lipinski definition) is 4. The maximum absolute atomic E-state index is 4.35. The van der Waals surface area contributed by atoms with E-state index in [4.69, 9.17) is 0 Å². The van der Waals surface area contributed by atoms with Gasteiger partial charge in [0.05, 0.1) is 0 Å². The molecule has 0 aliphatic heterocycles. The topological polar surface area (TPSA) is 55.1 Å². The number of nitrogens with zero attached hydrogens (tertiary/aromatic N) is 4. The van der Waals surface area contributed by atoms with Crippen LogP contribution >= 0.6 is 0 Å². The lowest BCUT2D eigenvalue weighted by molar-refractivity contribution is 0.865. The molecule has 2 aromatic heterocycles. The van der Waals surface area contributed by atoms with Crippen molar-refractivity contribution in [3.63, 3.8) is 0 Å². The number of rotatable bonds is 4. The van der Waals surface area contributed by atoms with Gasteiger partial charge >= 0.3 is 0 Å². The Hall–Kier alpha value is -2.43. The number of hydrogen-bond donors (Lipinski definition) is 1. The molecule has 0 unspecified atom stereocenters. The van der Waals surface area contributed by atoms with Crippen molar-refractivity contribution in [2.75, 3.05) is 5.32 Å². The van der Waals surface area contributed by atoms with Gasteiger partial charge in [0.1, 0.15) is 5.82 Å². The molecule has 1 aromatic carbocycles. The van der Waals surface area contributed by atoms with Gasteiger partial charge in [0.2, 0.25) is 5.65 Å². The average Bonchev–Trinajstić information content (AvgIpc) is 2.88. The van der Waals surface area contributed by atoms with Crippen LogP contribution < -0.4 is 5.32 Å². The molecule has 1 N–H and O–H groups in total. The second-order valence-electron chi connectivity index (χ2n) is 5.47. The predicted octanol–water partition coefficient (Wildman–Crippen LogP) is 3.17. The molecule has 3 rings (SSSR count). The Morgan fingerprint density at radius 1 is 1.14 bits per heavy atom. The number of nitrogens with one attached hydrogen (secondary N) is 1. The summed E-state index contributed by atoms with van der Waals surface area (Å²) >= 11 is 0. The van der Waals surface area contributed by atoms with Crippen molar-refractivity contribution in [3.05, 3.63) is 53.6 Å². The minimum atomic E-state index is 0.557. The summed E-state index contributed by atoms with van der Waals surface area (Å²) in [5.41, 5.74) is 3.33. The molecular weight excluding hydrogens is 262 g/mol. The van der Waals surface area contributed by atoms with Crippen molar-refractivity contribution in [3.8, 4) is 0 Å². The Bertz CT molecular complexity index is 743. The van der Waals surface area contributed by atoms with Crippen molar-refractivity contribution in [1.29, 1.82) is 0 Å². The van der Waals surface area contributed by atoms with E-state index >= 15 is 0 Å². The lowest BCUT2D eigenvalue weighted by Crippen LogP contribution is -2.04. The highest BCUT2D eigenvalue weighted by atomic mass is 15.3. The van der Waals surface area contributed by atoms with Gasteiger partial charge in [-0.25, -0.2) is 4.98 Å². The van der Waals surface area contributed by atoms with Gasteiger partial charge in [-0.15, -0.1) is 10.2 Å². The van der Waals surface area contributed by atoms with Gasteiger partial charge < -0.3 is 5.32 Å². The highest BCUT2D eigenvalue weighted by Gasteiger charge is 2.07. The Balaban J connectivity index is 1.77. The predicted molar refractivity (Wildman–Crippen MR) is 83.4 cm³/mol. The Labute approximate surface area is 124 Å². The summed E-state index contributed by atoms with van der Waals surface area (Å²) in [6.07, 6.45) is 3.63.